The topological polar surface area (TPSA) is 86.7 Å². The van der Waals surface area contributed by atoms with Gasteiger partial charge in [-0.15, -0.1) is 0 Å². The molecule has 1 unspecified atom stereocenters. The van der Waals surface area contributed by atoms with E-state index in [2.05, 4.69) is 37.8 Å². The fourth-order valence-corrected chi connectivity index (χ4v) is 3.80. The largest absolute Gasteiger partial charge is 0.490 e. The number of aromatic nitrogens is 2. The number of imidazole rings is 1. The van der Waals surface area contributed by atoms with Gasteiger partial charge >= 0.3 is 0 Å². The van der Waals surface area contributed by atoms with Crippen molar-refractivity contribution in [2.75, 3.05) is 18.5 Å². The summed E-state index contributed by atoms with van der Waals surface area (Å²) in [6, 6.07) is 11.8. The van der Waals surface area contributed by atoms with Crippen molar-refractivity contribution in [1.82, 2.24) is 9.55 Å². The van der Waals surface area contributed by atoms with Crippen molar-refractivity contribution in [2.45, 2.75) is 13.1 Å². The van der Waals surface area contributed by atoms with Gasteiger partial charge in [-0.3, -0.25) is 9.88 Å². The van der Waals surface area contributed by atoms with E-state index in [1.807, 2.05) is 47.9 Å². The lowest BCUT2D eigenvalue weighted by Gasteiger charge is -2.25. The Hall–Kier alpha value is -3.00. The maximum Gasteiger partial charge on any atom is 0.212 e. The van der Waals surface area contributed by atoms with E-state index >= 15 is 0 Å². The van der Waals surface area contributed by atoms with E-state index in [4.69, 9.17) is 15.2 Å². The first-order valence-electron chi connectivity index (χ1n) is 8.89. The molecule has 3 aromatic rings. The van der Waals surface area contributed by atoms with Crippen LogP contribution in [0.25, 0.3) is 11.0 Å². The van der Waals surface area contributed by atoms with Gasteiger partial charge < -0.3 is 15.2 Å². The quantitative estimate of drug-likeness (QED) is 0.563. The lowest BCUT2D eigenvalue weighted by molar-refractivity contribution is 0.295. The molecular weight excluding hydrogens is 422 g/mol. The lowest BCUT2D eigenvalue weighted by Crippen LogP contribution is -2.31. The summed E-state index contributed by atoms with van der Waals surface area (Å²) >= 11 is 3.60. The van der Waals surface area contributed by atoms with Gasteiger partial charge in [0.15, 0.2) is 23.6 Å². The van der Waals surface area contributed by atoms with E-state index < -0.39 is 0 Å². The molecular formula is C20H20BrN5O2. The van der Waals surface area contributed by atoms with E-state index in [0.717, 1.165) is 21.1 Å². The van der Waals surface area contributed by atoms with Crippen LogP contribution in [-0.2, 0) is 0 Å². The van der Waals surface area contributed by atoms with Crippen molar-refractivity contribution in [2.24, 2.45) is 10.7 Å². The Morgan fingerprint density at radius 2 is 2.14 bits per heavy atom. The minimum absolute atomic E-state index is 0.314. The second-order valence-corrected chi connectivity index (χ2v) is 7.02. The predicted octanol–water partition coefficient (Wildman–Crippen LogP) is 4.05. The molecule has 28 heavy (non-hydrogen) atoms. The number of aliphatic imine (C=N–C) groups is 1. The Kier molecular flexibility index (Phi) is 4.95. The van der Waals surface area contributed by atoms with Gasteiger partial charge in [0.25, 0.3) is 0 Å². The van der Waals surface area contributed by atoms with Crippen LogP contribution in [0.3, 0.4) is 0 Å². The number of anilines is 1. The molecule has 3 N–H and O–H groups in total. The number of halogens is 1. The summed E-state index contributed by atoms with van der Waals surface area (Å²) < 4.78 is 14.4. The number of nitrogens with two attached hydrogens (primary N) is 1. The zero-order valence-corrected chi connectivity index (χ0v) is 16.9. The highest BCUT2D eigenvalue weighted by Crippen LogP contribution is 2.41. The summed E-state index contributed by atoms with van der Waals surface area (Å²) in [7, 11) is 0. The van der Waals surface area contributed by atoms with Gasteiger partial charge in [-0.1, -0.05) is 24.8 Å². The van der Waals surface area contributed by atoms with Gasteiger partial charge in [0.2, 0.25) is 5.95 Å². The van der Waals surface area contributed by atoms with Crippen LogP contribution in [0.4, 0.5) is 5.95 Å². The maximum absolute atomic E-state index is 6.04. The standard InChI is InChI=1S/C20H20BrN5O2/c1-3-9-28-17-13(21)10-12(11-16(17)27-4-2)18-24-19(22)25-20-23-14-7-5-6-8-15(14)26(18)20/h3,5-8,10-11,18H,1,4,9H2,2H3,(H3,22,23,24,25). The lowest BCUT2D eigenvalue weighted by atomic mass is 10.1. The monoisotopic (exact) mass is 441 g/mol. The fourth-order valence-electron chi connectivity index (χ4n) is 3.22. The zero-order chi connectivity index (χ0) is 19.7. The third-order valence-electron chi connectivity index (χ3n) is 4.32. The summed E-state index contributed by atoms with van der Waals surface area (Å²) in [5.41, 5.74) is 8.77. The van der Waals surface area contributed by atoms with E-state index in [1.165, 1.54) is 0 Å². The fraction of sp³-hybridized carbons (Fsp3) is 0.200. The van der Waals surface area contributed by atoms with Crippen LogP contribution in [0.5, 0.6) is 11.5 Å². The Bertz CT molecular complexity index is 1080. The average molecular weight is 442 g/mol. The molecule has 2 aromatic carbocycles. The average Bonchev–Trinajstić information content (AvgIpc) is 3.05. The van der Waals surface area contributed by atoms with E-state index in [1.54, 1.807) is 6.08 Å². The highest BCUT2D eigenvalue weighted by atomic mass is 79.9. The normalized spacial score (nSPS) is 15.5. The summed E-state index contributed by atoms with van der Waals surface area (Å²) in [5.74, 6) is 2.23. The van der Waals surface area contributed by atoms with Crippen LogP contribution in [0.1, 0.15) is 18.7 Å². The van der Waals surface area contributed by atoms with Crippen LogP contribution >= 0.6 is 15.9 Å². The number of para-hydroxylation sites is 2. The summed E-state index contributed by atoms with van der Waals surface area (Å²) in [4.78, 5) is 9.25. The van der Waals surface area contributed by atoms with E-state index in [9.17, 15) is 0 Å². The van der Waals surface area contributed by atoms with E-state index in [0.29, 0.717) is 36.6 Å². The van der Waals surface area contributed by atoms with E-state index in [-0.39, 0.29) is 6.17 Å². The summed E-state index contributed by atoms with van der Waals surface area (Å²) in [6.07, 6.45) is 1.31. The van der Waals surface area contributed by atoms with Crippen molar-refractivity contribution >= 4 is 38.9 Å². The SMILES string of the molecule is C=CCOc1c(Br)cc(C2N=C(N)Nc3nc4ccccc4n32)cc1OCC. The molecule has 0 saturated heterocycles. The van der Waals surface area contributed by atoms with Gasteiger partial charge in [-0.2, -0.15) is 0 Å². The Labute approximate surface area is 171 Å². The molecule has 4 rings (SSSR count). The number of hydrogen-bond donors (Lipinski definition) is 2. The molecule has 2 heterocycles. The Morgan fingerprint density at radius 1 is 1.32 bits per heavy atom. The van der Waals surface area contributed by atoms with Crippen LogP contribution in [-0.4, -0.2) is 28.7 Å². The molecule has 0 fully saturated rings. The maximum atomic E-state index is 6.04. The molecule has 1 atom stereocenters. The number of nitrogens with one attached hydrogen (secondary N) is 1. The first kappa shape index (κ1) is 18.4. The molecule has 0 saturated carbocycles. The summed E-state index contributed by atoms with van der Waals surface area (Å²) in [6.45, 7) is 6.52. The predicted molar refractivity (Wildman–Crippen MR) is 114 cm³/mol. The van der Waals surface area contributed by atoms with Crippen LogP contribution < -0.4 is 20.5 Å². The minimum atomic E-state index is -0.382. The van der Waals surface area contributed by atoms with Crippen LogP contribution in [0.2, 0.25) is 0 Å². The van der Waals surface area contributed by atoms with Crippen molar-refractivity contribution in [3.63, 3.8) is 0 Å². The molecule has 0 radical (unpaired) electrons. The smallest absolute Gasteiger partial charge is 0.212 e. The van der Waals surface area contributed by atoms with Gasteiger partial charge in [-0.25, -0.2) is 9.98 Å². The highest BCUT2D eigenvalue weighted by molar-refractivity contribution is 9.10. The molecule has 0 amide bonds. The van der Waals surface area contributed by atoms with Gasteiger partial charge in [0.1, 0.15) is 6.61 Å². The highest BCUT2D eigenvalue weighted by Gasteiger charge is 2.27. The first-order chi connectivity index (χ1) is 13.6. The Morgan fingerprint density at radius 3 is 2.93 bits per heavy atom. The molecule has 1 aromatic heterocycles. The van der Waals surface area contributed by atoms with Crippen molar-refractivity contribution in [3.8, 4) is 11.5 Å². The van der Waals surface area contributed by atoms with Gasteiger partial charge in [0.05, 0.1) is 22.1 Å². The molecule has 144 valence electrons. The number of ether oxygens (including phenoxy) is 2. The minimum Gasteiger partial charge on any atom is -0.490 e. The number of rotatable bonds is 6. The van der Waals surface area contributed by atoms with Gasteiger partial charge in [0, 0.05) is 5.56 Å². The third kappa shape index (κ3) is 3.20. The molecule has 1 aliphatic heterocycles. The van der Waals surface area contributed by atoms with Crippen LogP contribution in [0.15, 0.2) is 58.5 Å². The number of hydrogen-bond acceptors (Lipinski definition) is 6. The number of nitrogens with zero attached hydrogens (tertiary/aromatic N) is 3. The Balaban J connectivity index is 1.86. The second-order valence-electron chi connectivity index (χ2n) is 6.17. The molecule has 1 aliphatic rings. The first-order valence-corrected chi connectivity index (χ1v) is 9.69. The van der Waals surface area contributed by atoms with Gasteiger partial charge in [-0.05, 0) is 47.1 Å². The molecule has 7 nitrogen and oxygen atoms in total. The summed E-state index contributed by atoms with van der Waals surface area (Å²) in [5, 5.41) is 3.04. The van der Waals surface area contributed by atoms with Crippen LogP contribution in [0, 0.1) is 0 Å². The number of guanidine groups is 1. The number of benzene rings is 2. The zero-order valence-electron chi connectivity index (χ0n) is 15.4. The molecule has 0 bridgehead atoms. The molecule has 8 heteroatoms. The molecule has 0 aliphatic carbocycles. The molecule has 0 spiro atoms. The van der Waals surface area contributed by atoms with Crippen molar-refractivity contribution in [3.05, 3.63) is 59.1 Å². The van der Waals surface area contributed by atoms with Crippen molar-refractivity contribution < 1.29 is 9.47 Å². The van der Waals surface area contributed by atoms with Crippen molar-refractivity contribution in [1.29, 1.82) is 0 Å². The number of fused-ring (bicyclic) bond motifs is 3. The third-order valence-corrected chi connectivity index (χ3v) is 4.91. The second kappa shape index (κ2) is 7.55.